The summed E-state index contributed by atoms with van der Waals surface area (Å²) in [7, 11) is -4.70. The SMILES string of the molecule is CCC(F)(C[C@H]1O[C@@H](n2cc(C)c(=O)[nH]c2=O)[C@H](O)[C@@H]1O)OP(=O)(O)C(C)O. The Bertz CT molecular complexity index is 872. The van der Waals surface area contributed by atoms with Gasteiger partial charge < -0.3 is 24.9 Å². The highest BCUT2D eigenvalue weighted by Crippen LogP contribution is 2.52. The minimum absolute atomic E-state index is 0.142. The predicted octanol–water partition coefficient (Wildman–Crippen LogP) is -0.530. The third kappa shape index (κ3) is 4.60. The second kappa shape index (κ2) is 8.15. The summed E-state index contributed by atoms with van der Waals surface area (Å²) in [6.45, 7) is 3.69. The fourth-order valence-electron chi connectivity index (χ4n) is 2.76. The lowest BCUT2D eigenvalue weighted by atomic mass is 10.0. The molecule has 0 radical (unpaired) electrons. The highest BCUT2D eigenvalue weighted by atomic mass is 31.2. The fraction of sp³-hybridized carbons (Fsp3) is 0.733. The zero-order valence-corrected chi connectivity index (χ0v) is 16.4. The van der Waals surface area contributed by atoms with Crippen LogP contribution in [0, 0.1) is 6.92 Å². The van der Waals surface area contributed by atoms with Crippen molar-refractivity contribution in [2.75, 3.05) is 0 Å². The van der Waals surface area contributed by atoms with Crippen molar-refractivity contribution in [2.45, 2.75) is 69.9 Å². The van der Waals surface area contributed by atoms with Gasteiger partial charge in [0.15, 0.2) is 12.1 Å². The summed E-state index contributed by atoms with van der Waals surface area (Å²) in [6, 6.07) is 0. The Balaban J connectivity index is 2.26. The number of ether oxygens (including phenoxy) is 1. The number of hydrogen-bond acceptors (Lipinski definition) is 8. The maximum Gasteiger partial charge on any atom is 0.358 e. The van der Waals surface area contributed by atoms with E-state index in [1.807, 2.05) is 4.98 Å². The Hall–Kier alpha value is -1.40. The third-order valence-electron chi connectivity index (χ3n) is 4.56. The highest BCUT2D eigenvalue weighted by molar-refractivity contribution is 7.53. The Morgan fingerprint density at radius 1 is 1.43 bits per heavy atom. The molecule has 1 aliphatic heterocycles. The molecule has 160 valence electrons. The number of aromatic amines is 1. The fourth-order valence-corrected chi connectivity index (χ4v) is 3.59. The number of rotatable bonds is 7. The van der Waals surface area contributed by atoms with Crippen LogP contribution in [0.2, 0.25) is 0 Å². The minimum Gasteiger partial charge on any atom is -0.388 e. The van der Waals surface area contributed by atoms with Crippen LogP contribution in [0.25, 0.3) is 0 Å². The van der Waals surface area contributed by atoms with E-state index in [0.29, 0.717) is 0 Å². The van der Waals surface area contributed by atoms with Gasteiger partial charge in [-0.15, -0.1) is 0 Å². The van der Waals surface area contributed by atoms with Gasteiger partial charge in [0.05, 0.1) is 6.10 Å². The molecule has 0 amide bonds. The van der Waals surface area contributed by atoms with Gasteiger partial charge in [0.25, 0.3) is 5.56 Å². The lowest BCUT2D eigenvalue weighted by Gasteiger charge is -2.30. The van der Waals surface area contributed by atoms with E-state index in [1.54, 1.807) is 0 Å². The monoisotopic (exact) mass is 426 g/mol. The van der Waals surface area contributed by atoms with Gasteiger partial charge in [0.1, 0.15) is 12.2 Å². The molecule has 2 rings (SSSR count). The smallest absolute Gasteiger partial charge is 0.358 e. The van der Waals surface area contributed by atoms with Gasteiger partial charge >= 0.3 is 13.3 Å². The van der Waals surface area contributed by atoms with Crippen LogP contribution >= 0.6 is 7.60 Å². The summed E-state index contributed by atoms with van der Waals surface area (Å²) in [5.74, 6) is -4.60. The van der Waals surface area contributed by atoms with Gasteiger partial charge in [-0.05, 0) is 13.8 Å². The third-order valence-corrected chi connectivity index (χ3v) is 6.09. The molecule has 1 saturated heterocycles. The molecule has 1 aromatic rings. The molecule has 28 heavy (non-hydrogen) atoms. The molecular weight excluding hydrogens is 402 g/mol. The number of alkyl halides is 1. The first-order valence-corrected chi connectivity index (χ1v) is 10.2. The Morgan fingerprint density at radius 3 is 2.57 bits per heavy atom. The van der Waals surface area contributed by atoms with Crippen molar-refractivity contribution in [3.05, 3.63) is 32.6 Å². The van der Waals surface area contributed by atoms with E-state index in [-0.39, 0.29) is 5.56 Å². The molecule has 2 heterocycles. The summed E-state index contributed by atoms with van der Waals surface area (Å²) in [5.41, 5.74) is -1.40. The number of aryl methyl sites for hydroxylation is 1. The number of nitrogens with one attached hydrogen (secondary N) is 1. The van der Waals surface area contributed by atoms with E-state index < -0.39 is 67.9 Å². The van der Waals surface area contributed by atoms with Crippen molar-refractivity contribution in [2.24, 2.45) is 0 Å². The van der Waals surface area contributed by atoms with Gasteiger partial charge in [0.2, 0.25) is 5.85 Å². The van der Waals surface area contributed by atoms with Crippen LogP contribution in [0.1, 0.15) is 38.5 Å². The van der Waals surface area contributed by atoms with Crippen molar-refractivity contribution in [3.8, 4) is 0 Å². The van der Waals surface area contributed by atoms with Gasteiger partial charge in [-0.1, -0.05) is 6.92 Å². The molecule has 3 unspecified atom stereocenters. The van der Waals surface area contributed by atoms with Gasteiger partial charge in [-0.25, -0.2) is 9.18 Å². The molecule has 0 bridgehead atoms. The van der Waals surface area contributed by atoms with E-state index >= 15 is 4.39 Å². The maximum absolute atomic E-state index is 15.0. The van der Waals surface area contributed by atoms with Crippen LogP contribution in [0.5, 0.6) is 0 Å². The quantitative estimate of drug-likeness (QED) is 0.360. The number of nitrogens with zero attached hydrogens (tertiary/aromatic N) is 1. The largest absolute Gasteiger partial charge is 0.388 e. The summed E-state index contributed by atoms with van der Waals surface area (Å²) < 4.78 is 37.7. The maximum atomic E-state index is 15.0. The standard InChI is InChI=1S/C15H24FN2O9P/c1-4-15(16,27-28(24,25)8(3)19)5-9-10(20)11(21)13(26-9)18-6-7(2)12(22)17-14(18)23/h6,8-11,13,19-21H,4-5H2,1-3H3,(H,24,25)(H,17,22,23)/t8?,9-,10-,11-,13-,15?/m1/s1. The summed E-state index contributed by atoms with van der Waals surface area (Å²) in [5, 5.41) is 29.7. The number of aliphatic hydroxyl groups excluding tert-OH is 3. The average molecular weight is 426 g/mol. The number of halogens is 1. The molecule has 0 aliphatic carbocycles. The summed E-state index contributed by atoms with van der Waals surface area (Å²) in [4.78, 5) is 35.1. The predicted molar refractivity (Wildman–Crippen MR) is 93.3 cm³/mol. The van der Waals surface area contributed by atoms with E-state index in [4.69, 9.17) is 4.74 Å². The molecule has 1 fully saturated rings. The number of aromatic nitrogens is 2. The number of H-pyrrole nitrogens is 1. The van der Waals surface area contributed by atoms with Crippen molar-refractivity contribution < 1.29 is 38.4 Å². The van der Waals surface area contributed by atoms with Crippen molar-refractivity contribution >= 4 is 7.60 Å². The lowest BCUT2D eigenvalue weighted by Crippen LogP contribution is -2.39. The molecular formula is C15H24FN2O9P. The zero-order chi connectivity index (χ0) is 21.4. The zero-order valence-electron chi connectivity index (χ0n) is 15.5. The molecule has 13 heteroatoms. The number of hydrogen-bond donors (Lipinski definition) is 5. The Labute approximate surface area is 158 Å². The molecule has 7 atom stereocenters. The average Bonchev–Trinajstić information content (AvgIpc) is 2.85. The van der Waals surface area contributed by atoms with Crippen LogP contribution < -0.4 is 11.2 Å². The molecule has 1 aromatic heterocycles. The summed E-state index contributed by atoms with van der Waals surface area (Å²) in [6.07, 6.45) is -6.19. The van der Waals surface area contributed by atoms with Crippen LogP contribution in [-0.2, 0) is 13.8 Å². The van der Waals surface area contributed by atoms with E-state index in [9.17, 15) is 34.4 Å². The molecule has 1 aliphatic rings. The highest BCUT2D eigenvalue weighted by Gasteiger charge is 2.50. The first kappa shape index (κ1) is 22.9. The van der Waals surface area contributed by atoms with E-state index in [2.05, 4.69) is 4.52 Å². The first-order valence-electron chi connectivity index (χ1n) is 8.55. The normalized spacial score (nSPS) is 30.6. The van der Waals surface area contributed by atoms with E-state index in [1.165, 1.54) is 13.8 Å². The molecule has 0 aromatic carbocycles. The topological polar surface area (TPSA) is 171 Å². The Kier molecular flexibility index (Phi) is 6.66. The molecule has 5 N–H and O–H groups in total. The second-order valence-corrected chi connectivity index (χ2v) is 8.81. The van der Waals surface area contributed by atoms with Crippen LogP contribution in [0.15, 0.2) is 15.8 Å². The lowest BCUT2D eigenvalue weighted by molar-refractivity contribution is -0.130. The minimum atomic E-state index is -4.70. The molecule has 11 nitrogen and oxygen atoms in total. The molecule has 0 saturated carbocycles. The van der Waals surface area contributed by atoms with Gasteiger partial charge in [-0.2, -0.15) is 0 Å². The van der Waals surface area contributed by atoms with Crippen molar-refractivity contribution in [1.82, 2.24) is 9.55 Å². The van der Waals surface area contributed by atoms with E-state index in [0.717, 1.165) is 17.7 Å². The van der Waals surface area contributed by atoms with Crippen molar-refractivity contribution in [1.29, 1.82) is 0 Å². The first-order chi connectivity index (χ1) is 12.8. The second-order valence-electron chi connectivity index (χ2n) is 6.75. The Morgan fingerprint density at radius 2 is 2.04 bits per heavy atom. The summed E-state index contributed by atoms with van der Waals surface area (Å²) >= 11 is 0. The number of aliphatic hydroxyl groups is 3. The van der Waals surface area contributed by atoms with Crippen molar-refractivity contribution in [3.63, 3.8) is 0 Å². The van der Waals surface area contributed by atoms with Crippen LogP contribution in [0.4, 0.5) is 4.39 Å². The van der Waals surface area contributed by atoms with Crippen LogP contribution in [0.3, 0.4) is 0 Å². The molecule has 0 spiro atoms. The van der Waals surface area contributed by atoms with Gasteiger partial charge in [0, 0.05) is 24.6 Å². The van der Waals surface area contributed by atoms with Crippen LogP contribution in [-0.4, -0.2) is 59.8 Å². The van der Waals surface area contributed by atoms with Gasteiger partial charge in [-0.3, -0.25) is 23.4 Å².